The third-order valence-electron chi connectivity index (χ3n) is 2.72. The molecule has 0 radical (unpaired) electrons. The van der Waals surface area contributed by atoms with Crippen molar-refractivity contribution in [1.82, 2.24) is 5.32 Å². The second kappa shape index (κ2) is 4.41. The van der Waals surface area contributed by atoms with Gasteiger partial charge in [-0.25, -0.2) is 0 Å². The lowest BCUT2D eigenvalue weighted by Gasteiger charge is -2.30. The van der Waals surface area contributed by atoms with Gasteiger partial charge in [-0.15, -0.1) is 0 Å². The quantitative estimate of drug-likeness (QED) is 0.818. The van der Waals surface area contributed by atoms with Gasteiger partial charge in [-0.05, 0) is 34.5 Å². The summed E-state index contributed by atoms with van der Waals surface area (Å²) in [6, 6.07) is 3.80. The van der Waals surface area contributed by atoms with Crippen molar-refractivity contribution >= 4 is 21.6 Å². The lowest BCUT2D eigenvalue weighted by Crippen LogP contribution is -2.43. The van der Waals surface area contributed by atoms with Crippen LogP contribution < -0.4 is 10.2 Å². The number of halogens is 1. The molecule has 1 aromatic rings. The molecule has 1 fully saturated rings. The van der Waals surface area contributed by atoms with Gasteiger partial charge < -0.3 is 15.3 Å². The number of aryl methyl sites for hydroxylation is 1. The number of phenolic OH excluding ortho intramolecular Hbond substituents is 1. The van der Waals surface area contributed by atoms with Crippen LogP contribution in [0.4, 0.5) is 5.69 Å². The molecule has 0 spiro atoms. The Kier molecular flexibility index (Phi) is 3.17. The molecular formula is C11H15BrN2O. The Morgan fingerprint density at radius 1 is 1.33 bits per heavy atom. The summed E-state index contributed by atoms with van der Waals surface area (Å²) in [7, 11) is 0. The normalized spacial score (nSPS) is 16.8. The Labute approximate surface area is 98.2 Å². The van der Waals surface area contributed by atoms with Gasteiger partial charge in [0, 0.05) is 37.9 Å². The van der Waals surface area contributed by atoms with Crippen molar-refractivity contribution in [2.45, 2.75) is 6.92 Å². The topological polar surface area (TPSA) is 35.5 Å². The second-order valence-electron chi connectivity index (χ2n) is 3.83. The van der Waals surface area contributed by atoms with Crippen LogP contribution in [0.5, 0.6) is 5.75 Å². The molecule has 1 aliphatic heterocycles. The summed E-state index contributed by atoms with van der Waals surface area (Å²) in [6.45, 7) is 6.10. The maximum Gasteiger partial charge on any atom is 0.131 e. The Balaban J connectivity index is 2.30. The predicted octanol–water partition coefficient (Wildman–Crippen LogP) is 1.87. The number of hydrogen-bond acceptors (Lipinski definition) is 3. The highest BCUT2D eigenvalue weighted by Gasteiger charge is 2.14. The Hall–Kier alpha value is -0.740. The molecule has 1 aromatic carbocycles. The summed E-state index contributed by atoms with van der Waals surface area (Å²) < 4.78 is 0.763. The zero-order chi connectivity index (χ0) is 10.8. The number of aromatic hydroxyl groups is 1. The molecule has 1 aliphatic rings. The number of rotatable bonds is 1. The number of anilines is 1. The van der Waals surface area contributed by atoms with Gasteiger partial charge in [0.2, 0.25) is 0 Å². The summed E-state index contributed by atoms with van der Waals surface area (Å²) in [6.07, 6.45) is 0. The van der Waals surface area contributed by atoms with Crippen LogP contribution in [-0.2, 0) is 0 Å². The first kappa shape index (κ1) is 10.8. The van der Waals surface area contributed by atoms with Crippen molar-refractivity contribution in [3.05, 3.63) is 22.2 Å². The van der Waals surface area contributed by atoms with E-state index in [2.05, 4.69) is 33.1 Å². The zero-order valence-electron chi connectivity index (χ0n) is 8.76. The summed E-state index contributed by atoms with van der Waals surface area (Å²) in [5, 5.41) is 13.0. The molecule has 0 aromatic heterocycles. The standard InChI is InChI=1S/C11H15BrN2O/c1-8-6-9(12)11(15)7-10(8)14-4-2-13-3-5-14/h6-7,13,15H,2-5H2,1H3. The number of phenols is 1. The van der Waals surface area contributed by atoms with Crippen LogP contribution in [0.1, 0.15) is 5.56 Å². The van der Waals surface area contributed by atoms with Crippen molar-refractivity contribution in [3.8, 4) is 5.75 Å². The molecule has 1 saturated heterocycles. The monoisotopic (exact) mass is 270 g/mol. The fourth-order valence-corrected chi connectivity index (χ4v) is 2.35. The maximum absolute atomic E-state index is 9.67. The van der Waals surface area contributed by atoms with Gasteiger partial charge in [-0.3, -0.25) is 0 Å². The minimum atomic E-state index is 0.314. The molecule has 0 atom stereocenters. The highest BCUT2D eigenvalue weighted by Crippen LogP contribution is 2.32. The van der Waals surface area contributed by atoms with E-state index in [4.69, 9.17) is 0 Å². The smallest absolute Gasteiger partial charge is 0.131 e. The first-order chi connectivity index (χ1) is 7.18. The molecule has 0 saturated carbocycles. The van der Waals surface area contributed by atoms with Crippen LogP contribution in [0.2, 0.25) is 0 Å². The minimum absolute atomic E-state index is 0.314. The molecule has 15 heavy (non-hydrogen) atoms. The fraction of sp³-hybridized carbons (Fsp3) is 0.455. The lowest BCUT2D eigenvalue weighted by atomic mass is 10.1. The largest absolute Gasteiger partial charge is 0.507 e. The van der Waals surface area contributed by atoms with Gasteiger partial charge in [0.1, 0.15) is 5.75 Å². The maximum atomic E-state index is 9.67. The van der Waals surface area contributed by atoms with Crippen LogP contribution in [0.3, 0.4) is 0 Å². The first-order valence-electron chi connectivity index (χ1n) is 5.13. The average molecular weight is 271 g/mol. The molecule has 0 bridgehead atoms. The third-order valence-corrected chi connectivity index (χ3v) is 3.36. The minimum Gasteiger partial charge on any atom is -0.507 e. The number of nitrogens with one attached hydrogen (secondary N) is 1. The van der Waals surface area contributed by atoms with Crippen molar-refractivity contribution in [3.63, 3.8) is 0 Å². The second-order valence-corrected chi connectivity index (χ2v) is 4.68. The van der Waals surface area contributed by atoms with Crippen LogP contribution >= 0.6 is 15.9 Å². The first-order valence-corrected chi connectivity index (χ1v) is 5.92. The summed E-state index contributed by atoms with van der Waals surface area (Å²) in [4.78, 5) is 2.30. The molecule has 2 N–H and O–H groups in total. The van der Waals surface area contributed by atoms with Gasteiger partial charge in [0.25, 0.3) is 0 Å². The molecule has 3 nitrogen and oxygen atoms in total. The highest BCUT2D eigenvalue weighted by atomic mass is 79.9. The number of benzene rings is 1. The van der Waals surface area contributed by atoms with E-state index in [-0.39, 0.29) is 0 Å². The van der Waals surface area contributed by atoms with E-state index >= 15 is 0 Å². The van der Waals surface area contributed by atoms with Crippen LogP contribution in [0.15, 0.2) is 16.6 Å². The number of hydrogen-bond donors (Lipinski definition) is 2. The number of piperazine rings is 1. The van der Waals surface area contributed by atoms with E-state index < -0.39 is 0 Å². The van der Waals surface area contributed by atoms with Crippen molar-refractivity contribution < 1.29 is 5.11 Å². The molecular weight excluding hydrogens is 256 g/mol. The summed E-state index contributed by atoms with van der Waals surface area (Å²) >= 11 is 3.32. The van der Waals surface area contributed by atoms with E-state index in [9.17, 15) is 5.11 Å². The van der Waals surface area contributed by atoms with Crippen molar-refractivity contribution in [1.29, 1.82) is 0 Å². The van der Waals surface area contributed by atoms with Gasteiger partial charge >= 0.3 is 0 Å². The summed E-state index contributed by atoms with van der Waals surface area (Å²) in [5.74, 6) is 0.314. The fourth-order valence-electron chi connectivity index (χ4n) is 1.90. The Bertz CT molecular complexity index is 362. The van der Waals surface area contributed by atoms with E-state index in [1.165, 1.54) is 5.56 Å². The molecule has 4 heteroatoms. The Morgan fingerprint density at radius 3 is 2.67 bits per heavy atom. The van der Waals surface area contributed by atoms with Crippen LogP contribution in [0.25, 0.3) is 0 Å². The van der Waals surface area contributed by atoms with Crippen molar-refractivity contribution in [2.75, 3.05) is 31.1 Å². The van der Waals surface area contributed by atoms with Crippen molar-refractivity contribution in [2.24, 2.45) is 0 Å². The Morgan fingerprint density at radius 2 is 2.00 bits per heavy atom. The molecule has 0 unspecified atom stereocenters. The van der Waals surface area contributed by atoms with Gasteiger partial charge in [0.15, 0.2) is 0 Å². The number of nitrogens with zero attached hydrogens (tertiary/aromatic N) is 1. The molecule has 82 valence electrons. The highest BCUT2D eigenvalue weighted by molar-refractivity contribution is 9.10. The van der Waals surface area contributed by atoms with Gasteiger partial charge in [-0.2, -0.15) is 0 Å². The molecule has 2 rings (SSSR count). The van der Waals surface area contributed by atoms with Gasteiger partial charge in [0.05, 0.1) is 4.47 Å². The molecule has 0 aliphatic carbocycles. The lowest BCUT2D eigenvalue weighted by molar-refractivity contribution is 0.471. The molecule has 1 heterocycles. The zero-order valence-corrected chi connectivity index (χ0v) is 10.3. The van der Waals surface area contributed by atoms with E-state index in [1.807, 2.05) is 12.1 Å². The average Bonchev–Trinajstić information content (AvgIpc) is 2.25. The van der Waals surface area contributed by atoms with Crippen LogP contribution in [-0.4, -0.2) is 31.3 Å². The van der Waals surface area contributed by atoms with E-state index in [1.54, 1.807) is 0 Å². The third kappa shape index (κ3) is 2.26. The van der Waals surface area contributed by atoms with Gasteiger partial charge in [-0.1, -0.05) is 0 Å². The predicted molar refractivity (Wildman–Crippen MR) is 65.6 cm³/mol. The van der Waals surface area contributed by atoms with E-state index in [0.29, 0.717) is 5.75 Å². The SMILES string of the molecule is Cc1cc(Br)c(O)cc1N1CCNCC1. The van der Waals surface area contributed by atoms with Crippen LogP contribution in [0, 0.1) is 6.92 Å². The molecule has 0 amide bonds. The summed E-state index contributed by atoms with van der Waals surface area (Å²) in [5.41, 5.74) is 2.33. The van der Waals surface area contributed by atoms with E-state index in [0.717, 1.165) is 36.3 Å².